The Balaban J connectivity index is 4.10. The summed E-state index contributed by atoms with van der Waals surface area (Å²) in [5.74, 6) is -1.49. The molecular weight excluding hydrogens is 242 g/mol. The van der Waals surface area contributed by atoms with E-state index in [0.717, 1.165) is 0 Å². The average Bonchev–Trinajstić information content (AvgIpc) is 2.24. The summed E-state index contributed by atoms with van der Waals surface area (Å²) in [6.07, 6.45) is 0. The molecule has 0 radical (unpaired) electrons. The maximum absolute atomic E-state index is 11.5. The minimum atomic E-state index is -1.20. The number of nitrogens with one attached hydrogen (secondary N) is 2. The summed E-state index contributed by atoms with van der Waals surface area (Å²) in [4.78, 5) is 38.7. The fourth-order valence-corrected chi connectivity index (χ4v) is 1.09. The molecule has 0 unspecified atom stereocenters. The minimum Gasteiger partial charge on any atom is -0.479 e. The number of nitrogens with zero attached hydrogens (tertiary/aromatic N) is 1. The van der Waals surface area contributed by atoms with Gasteiger partial charge in [0.05, 0.1) is 0 Å². The summed E-state index contributed by atoms with van der Waals surface area (Å²) in [5, 5.41) is 11.0. The van der Waals surface area contributed by atoms with Crippen molar-refractivity contribution in [2.24, 2.45) is 0 Å². The standard InChI is InChI=1S/C10H19N3O5/c1-4-13(5-8(14)11-7(2)3)10(17)12-18-6-9(15)16/h7H,4-6H2,1-3H3,(H,11,14)(H,12,17)(H,15,16). The third-order valence-electron chi connectivity index (χ3n) is 1.81. The predicted octanol–water partition coefficient (Wildman–Crippen LogP) is -0.441. The monoisotopic (exact) mass is 261 g/mol. The molecule has 0 aliphatic rings. The van der Waals surface area contributed by atoms with E-state index in [1.54, 1.807) is 6.92 Å². The molecule has 0 fully saturated rings. The van der Waals surface area contributed by atoms with Crippen LogP contribution in [0.5, 0.6) is 0 Å². The van der Waals surface area contributed by atoms with E-state index in [1.165, 1.54) is 4.90 Å². The fourth-order valence-electron chi connectivity index (χ4n) is 1.09. The number of carboxylic acids is 1. The molecule has 0 aliphatic heterocycles. The van der Waals surface area contributed by atoms with E-state index < -0.39 is 18.6 Å². The lowest BCUT2D eigenvalue weighted by Gasteiger charge is -2.20. The predicted molar refractivity (Wildman–Crippen MR) is 62.6 cm³/mol. The Morgan fingerprint density at radius 1 is 1.33 bits per heavy atom. The summed E-state index contributed by atoms with van der Waals surface area (Å²) in [7, 11) is 0. The normalized spacial score (nSPS) is 10.0. The maximum Gasteiger partial charge on any atom is 0.341 e. The number of likely N-dealkylation sites (N-methyl/N-ethyl adjacent to an activating group) is 1. The van der Waals surface area contributed by atoms with Gasteiger partial charge in [-0.05, 0) is 20.8 Å². The molecule has 8 heteroatoms. The molecule has 0 saturated carbocycles. The fraction of sp³-hybridized carbons (Fsp3) is 0.700. The van der Waals surface area contributed by atoms with Crippen LogP contribution in [0.15, 0.2) is 0 Å². The van der Waals surface area contributed by atoms with Crippen LogP contribution in [0.3, 0.4) is 0 Å². The third-order valence-corrected chi connectivity index (χ3v) is 1.81. The number of carbonyl (C=O) groups is 3. The van der Waals surface area contributed by atoms with Gasteiger partial charge in [0.25, 0.3) is 0 Å². The average molecular weight is 261 g/mol. The smallest absolute Gasteiger partial charge is 0.341 e. The molecule has 3 N–H and O–H groups in total. The van der Waals surface area contributed by atoms with Crippen LogP contribution in [0.1, 0.15) is 20.8 Å². The molecule has 0 atom stereocenters. The number of amides is 3. The van der Waals surface area contributed by atoms with Gasteiger partial charge in [-0.3, -0.25) is 9.63 Å². The van der Waals surface area contributed by atoms with Gasteiger partial charge in [0.15, 0.2) is 6.61 Å². The van der Waals surface area contributed by atoms with Crippen LogP contribution >= 0.6 is 0 Å². The molecule has 18 heavy (non-hydrogen) atoms. The van der Waals surface area contributed by atoms with Crippen molar-refractivity contribution in [2.75, 3.05) is 19.7 Å². The van der Waals surface area contributed by atoms with E-state index in [4.69, 9.17) is 5.11 Å². The van der Waals surface area contributed by atoms with Crippen LogP contribution in [0.25, 0.3) is 0 Å². The van der Waals surface area contributed by atoms with Crippen molar-refractivity contribution in [2.45, 2.75) is 26.8 Å². The third kappa shape index (κ3) is 7.44. The van der Waals surface area contributed by atoms with Gasteiger partial charge < -0.3 is 15.3 Å². The zero-order valence-corrected chi connectivity index (χ0v) is 10.7. The first-order chi connectivity index (χ1) is 8.36. The zero-order chi connectivity index (χ0) is 14.1. The molecule has 0 bridgehead atoms. The van der Waals surface area contributed by atoms with Crippen molar-refractivity contribution in [3.63, 3.8) is 0 Å². The summed E-state index contributed by atoms with van der Waals surface area (Å²) in [5.41, 5.74) is 1.95. The number of carbonyl (C=O) groups excluding carboxylic acids is 2. The Morgan fingerprint density at radius 2 is 1.94 bits per heavy atom. The molecule has 0 heterocycles. The second-order valence-electron chi connectivity index (χ2n) is 3.83. The largest absolute Gasteiger partial charge is 0.479 e. The van der Waals surface area contributed by atoms with Crippen LogP contribution in [-0.4, -0.2) is 53.7 Å². The lowest BCUT2D eigenvalue weighted by Crippen LogP contribution is -2.46. The molecule has 0 aromatic heterocycles. The van der Waals surface area contributed by atoms with E-state index in [2.05, 4.69) is 10.2 Å². The Bertz CT molecular complexity index is 306. The first-order valence-electron chi connectivity index (χ1n) is 5.54. The molecular formula is C10H19N3O5. The van der Waals surface area contributed by atoms with Gasteiger partial charge in [-0.1, -0.05) is 0 Å². The molecule has 0 saturated heterocycles. The Hall–Kier alpha value is -1.83. The molecule has 104 valence electrons. The number of aliphatic carboxylic acids is 1. The molecule has 0 aliphatic carbocycles. The highest BCUT2D eigenvalue weighted by atomic mass is 16.7. The van der Waals surface area contributed by atoms with Crippen LogP contribution in [0.4, 0.5) is 4.79 Å². The van der Waals surface area contributed by atoms with Crippen LogP contribution in [0.2, 0.25) is 0 Å². The van der Waals surface area contributed by atoms with Crippen LogP contribution in [0, 0.1) is 0 Å². The van der Waals surface area contributed by atoms with Crippen molar-refractivity contribution >= 4 is 17.9 Å². The molecule has 8 nitrogen and oxygen atoms in total. The number of hydrogen-bond donors (Lipinski definition) is 3. The number of rotatable bonds is 7. The minimum absolute atomic E-state index is 0.0115. The quantitative estimate of drug-likeness (QED) is 0.538. The van der Waals surface area contributed by atoms with Gasteiger partial charge in [-0.15, -0.1) is 0 Å². The van der Waals surface area contributed by atoms with Crippen molar-refractivity contribution in [3.8, 4) is 0 Å². The van der Waals surface area contributed by atoms with Crippen LogP contribution < -0.4 is 10.8 Å². The second kappa shape index (κ2) is 8.29. The second-order valence-corrected chi connectivity index (χ2v) is 3.83. The molecule has 3 amide bonds. The Labute approximate surface area is 105 Å². The summed E-state index contributed by atoms with van der Waals surface area (Å²) in [6, 6.07) is -0.666. The highest BCUT2D eigenvalue weighted by molar-refractivity contribution is 5.83. The van der Waals surface area contributed by atoms with Gasteiger partial charge in [0, 0.05) is 12.6 Å². The topological polar surface area (TPSA) is 108 Å². The van der Waals surface area contributed by atoms with Crippen molar-refractivity contribution in [1.29, 1.82) is 0 Å². The number of carboxylic acid groups (broad SMARTS) is 1. The van der Waals surface area contributed by atoms with Crippen molar-refractivity contribution in [3.05, 3.63) is 0 Å². The Kier molecular flexibility index (Phi) is 7.45. The molecule has 0 aromatic carbocycles. The molecule has 0 aromatic rings. The number of hydroxylamine groups is 1. The van der Waals surface area contributed by atoms with Gasteiger partial charge in [-0.25, -0.2) is 15.1 Å². The zero-order valence-electron chi connectivity index (χ0n) is 10.7. The van der Waals surface area contributed by atoms with E-state index in [0.29, 0.717) is 6.54 Å². The molecule has 0 rings (SSSR count). The lowest BCUT2D eigenvalue weighted by atomic mass is 10.4. The van der Waals surface area contributed by atoms with Crippen LogP contribution in [-0.2, 0) is 14.4 Å². The van der Waals surface area contributed by atoms with Gasteiger partial charge in [0.2, 0.25) is 5.91 Å². The first kappa shape index (κ1) is 16.2. The summed E-state index contributed by atoms with van der Waals surface area (Å²) < 4.78 is 0. The van der Waals surface area contributed by atoms with Gasteiger partial charge >= 0.3 is 12.0 Å². The summed E-state index contributed by atoms with van der Waals surface area (Å²) in [6.45, 7) is 4.86. The van der Waals surface area contributed by atoms with Crippen molar-refractivity contribution in [1.82, 2.24) is 15.7 Å². The highest BCUT2D eigenvalue weighted by Gasteiger charge is 2.16. The van der Waals surface area contributed by atoms with Gasteiger partial charge in [0.1, 0.15) is 6.54 Å². The maximum atomic E-state index is 11.5. The highest BCUT2D eigenvalue weighted by Crippen LogP contribution is 1.90. The lowest BCUT2D eigenvalue weighted by molar-refractivity contribution is -0.144. The van der Waals surface area contributed by atoms with Crippen molar-refractivity contribution < 1.29 is 24.3 Å². The van der Waals surface area contributed by atoms with E-state index in [-0.39, 0.29) is 18.5 Å². The first-order valence-corrected chi connectivity index (χ1v) is 5.54. The SMILES string of the molecule is CCN(CC(=O)NC(C)C)C(=O)NOCC(=O)O. The number of urea groups is 1. The summed E-state index contributed by atoms with van der Waals surface area (Å²) >= 11 is 0. The van der Waals surface area contributed by atoms with E-state index in [9.17, 15) is 14.4 Å². The van der Waals surface area contributed by atoms with Gasteiger partial charge in [-0.2, -0.15) is 0 Å². The number of hydrogen-bond acceptors (Lipinski definition) is 4. The molecule has 0 spiro atoms. The van der Waals surface area contributed by atoms with E-state index in [1.807, 2.05) is 19.3 Å². The Morgan fingerprint density at radius 3 is 2.39 bits per heavy atom. The van der Waals surface area contributed by atoms with E-state index >= 15 is 0 Å².